The second-order valence-electron chi connectivity index (χ2n) is 6.79. The van der Waals surface area contributed by atoms with Crippen molar-refractivity contribution in [3.63, 3.8) is 0 Å². The van der Waals surface area contributed by atoms with Crippen molar-refractivity contribution < 1.29 is 13.2 Å². The third-order valence-electron chi connectivity index (χ3n) is 4.97. The van der Waals surface area contributed by atoms with E-state index in [2.05, 4.69) is 4.72 Å². The van der Waals surface area contributed by atoms with Gasteiger partial charge in [-0.05, 0) is 54.9 Å². The lowest BCUT2D eigenvalue weighted by Crippen LogP contribution is -2.38. The van der Waals surface area contributed by atoms with Gasteiger partial charge in [0.2, 0.25) is 15.9 Å². The molecule has 1 aliphatic heterocycles. The van der Waals surface area contributed by atoms with Gasteiger partial charge in [-0.15, -0.1) is 12.4 Å². The van der Waals surface area contributed by atoms with E-state index in [1.54, 1.807) is 24.0 Å². The first-order valence-corrected chi connectivity index (χ1v) is 9.98. The Bertz CT molecular complexity index is 735. The van der Waals surface area contributed by atoms with Crippen molar-refractivity contribution in [2.45, 2.75) is 43.5 Å². The van der Waals surface area contributed by atoms with Gasteiger partial charge in [-0.1, -0.05) is 6.07 Å². The molecule has 1 amide bonds. The summed E-state index contributed by atoms with van der Waals surface area (Å²) < 4.78 is 27.6. The third kappa shape index (κ3) is 4.94. The van der Waals surface area contributed by atoms with Gasteiger partial charge in [0.05, 0.1) is 4.90 Å². The number of nitrogens with one attached hydrogen (secondary N) is 1. The molecule has 25 heavy (non-hydrogen) atoms. The van der Waals surface area contributed by atoms with Gasteiger partial charge in [0.25, 0.3) is 0 Å². The molecule has 8 heteroatoms. The first-order valence-electron chi connectivity index (χ1n) is 8.49. The quantitative estimate of drug-likeness (QED) is 0.790. The Labute approximate surface area is 155 Å². The zero-order valence-electron chi connectivity index (χ0n) is 14.4. The minimum atomic E-state index is -3.55. The monoisotopic (exact) mass is 387 g/mol. The molecule has 3 rings (SSSR count). The van der Waals surface area contributed by atoms with Crippen LogP contribution < -0.4 is 10.5 Å². The molecule has 2 aliphatic rings. The third-order valence-corrected chi connectivity index (χ3v) is 6.39. The number of fused-ring (bicyclic) bond motifs is 1. The van der Waals surface area contributed by atoms with Crippen molar-refractivity contribution in [2.75, 3.05) is 19.6 Å². The lowest BCUT2D eigenvalue weighted by Gasteiger charge is -2.17. The molecule has 1 saturated carbocycles. The van der Waals surface area contributed by atoms with Crippen molar-refractivity contribution in [2.24, 2.45) is 11.7 Å². The van der Waals surface area contributed by atoms with Crippen LogP contribution >= 0.6 is 12.4 Å². The van der Waals surface area contributed by atoms with E-state index in [0.717, 1.165) is 30.4 Å². The van der Waals surface area contributed by atoms with Gasteiger partial charge in [0.15, 0.2) is 0 Å². The molecule has 0 spiro atoms. The summed E-state index contributed by atoms with van der Waals surface area (Å²) in [5.41, 5.74) is 8.10. The topological polar surface area (TPSA) is 92.5 Å². The smallest absolute Gasteiger partial charge is 0.240 e. The molecular weight excluding hydrogens is 362 g/mol. The van der Waals surface area contributed by atoms with E-state index in [9.17, 15) is 13.2 Å². The maximum atomic E-state index is 12.5. The lowest BCUT2D eigenvalue weighted by molar-refractivity contribution is -0.128. The minimum absolute atomic E-state index is 0. The van der Waals surface area contributed by atoms with E-state index >= 15 is 0 Å². The van der Waals surface area contributed by atoms with Crippen LogP contribution in [-0.4, -0.2) is 44.9 Å². The maximum Gasteiger partial charge on any atom is 0.240 e. The van der Waals surface area contributed by atoms with E-state index in [0.29, 0.717) is 25.4 Å². The molecule has 1 fully saturated rings. The number of sulfonamides is 1. The number of carbonyl (C=O) groups is 1. The largest absolute Gasteiger partial charge is 0.342 e. The van der Waals surface area contributed by atoms with E-state index < -0.39 is 10.0 Å². The summed E-state index contributed by atoms with van der Waals surface area (Å²) in [5, 5.41) is 0. The van der Waals surface area contributed by atoms with Crippen molar-refractivity contribution in [1.29, 1.82) is 0 Å². The SMILES string of the molecule is CC(=O)N1CCc2ccc(S(=O)(=O)NCC(N)C3CC3)cc2CC1.Cl. The number of carbonyl (C=O) groups excluding carboxylic acids is 1. The van der Waals surface area contributed by atoms with Crippen molar-refractivity contribution >= 4 is 28.3 Å². The lowest BCUT2D eigenvalue weighted by atomic mass is 10.0. The zero-order chi connectivity index (χ0) is 17.3. The summed E-state index contributed by atoms with van der Waals surface area (Å²) in [6.07, 6.45) is 3.62. The minimum Gasteiger partial charge on any atom is -0.342 e. The Morgan fingerprint density at radius 1 is 1.28 bits per heavy atom. The predicted octanol–water partition coefficient (Wildman–Crippen LogP) is 1.07. The summed E-state index contributed by atoms with van der Waals surface area (Å²) >= 11 is 0. The average molecular weight is 388 g/mol. The molecule has 0 aromatic heterocycles. The molecule has 1 aromatic rings. The highest BCUT2D eigenvalue weighted by Crippen LogP contribution is 2.31. The number of nitrogens with zero attached hydrogens (tertiary/aromatic N) is 1. The summed E-state index contributed by atoms with van der Waals surface area (Å²) in [6, 6.07) is 5.15. The molecule has 0 saturated heterocycles. The predicted molar refractivity (Wildman–Crippen MR) is 99.2 cm³/mol. The normalized spacial score (nSPS) is 18.7. The van der Waals surface area contributed by atoms with Crippen LogP contribution in [0.5, 0.6) is 0 Å². The Morgan fingerprint density at radius 2 is 1.92 bits per heavy atom. The van der Waals surface area contributed by atoms with E-state index in [-0.39, 0.29) is 35.8 Å². The number of amides is 1. The Kier molecular flexibility index (Phi) is 6.48. The summed E-state index contributed by atoms with van der Waals surface area (Å²) in [5.74, 6) is 0.517. The van der Waals surface area contributed by atoms with Crippen LogP contribution in [0.25, 0.3) is 0 Å². The van der Waals surface area contributed by atoms with Crippen molar-refractivity contribution in [3.05, 3.63) is 29.3 Å². The number of hydrogen-bond acceptors (Lipinski definition) is 4. The number of halogens is 1. The van der Waals surface area contributed by atoms with Gasteiger partial charge in [-0.2, -0.15) is 0 Å². The van der Waals surface area contributed by atoms with Crippen LogP contribution in [0, 0.1) is 5.92 Å². The van der Waals surface area contributed by atoms with E-state index in [4.69, 9.17) is 5.73 Å². The Hall–Kier alpha value is -1.15. The van der Waals surface area contributed by atoms with Crippen LogP contribution in [-0.2, 0) is 27.7 Å². The maximum absolute atomic E-state index is 12.5. The molecule has 6 nitrogen and oxygen atoms in total. The van der Waals surface area contributed by atoms with Crippen LogP contribution in [0.15, 0.2) is 23.1 Å². The first-order chi connectivity index (χ1) is 11.4. The summed E-state index contributed by atoms with van der Waals surface area (Å²) in [4.78, 5) is 13.6. The van der Waals surface area contributed by atoms with Crippen LogP contribution in [0.3, 0.4) is 0 Å². The molecule has 0 bridgehead atoms. The highest BCUT2D eigenvalue weighted by atomic mass is 35.5. The van der Waals surface area contributed by atoms with Gasteiger partial charge >= 0.3 is 0 Å². The average Bonchev–Trinajstić information content (AvgIpc) is 3.38. The second kappa shape index (κ2) is 8.03. The zero-order valence-corrected chi connectivity index (χ0v) is 16.0. The van der Waals surface area contributed by atoms with Crippen molar-refractivity contribution in [3.8, 4) is 0 Å². The van der Waals surface area contributed by atoms with Gasteiger partial charge < -0.3 is 10.6 Å². The molecule has 1 aromatic carbocycles. The number of benzene rings is 1. The van der Waals surface area contributed by atoms with E-state index in [1.165, 1.54) is 0 Å². The highest BCUT2D eigenvalue weighted by Gasteiger charge is 2.29. The molecule has 3 N–H and O–H groups in total. The molecule has 1 heterocycles. The molecular formula is C17H26ClN3O3S. The number of hydrogen-bond donors (Lipinski definition) is 2. The van der Waals surface area contributed by atoms with Crippen LogP contribution in [0.2, 0.25) is 0 Å². The highest BCUT2D eigenvalue weighted by molar-refractivity contribution is 7.89. The first kappa shape index (κ1) is 20.2. The Balaban J connectivity index is 0.00000225. The van der Waals surface area contributed by atoms with Gasteiger partial charge in [-0.3, -0.25) is 4.79 Å². The Morgan fingerprint density at radius 3 is 2.52 bits per heavy atom. The standard InChI is InChI=1S/C17H25N3O3S.ClH/c1-12(21)20-8-6-13-4-5-16(10-15(13)7-9-20)24(22,23)19-11-17(18)14-2-3-14;/h4-5,10,14,17,19H,2-3,6-9,11,18H2,1H3;1H. The number of rotatable bonds is 5. The van der Waals surface area contributed by atoms with Crippen LogP contribution in [0.1, 0.15) is 30.9 Å². The molecule has 1 atom stereocenters. The van der Waals surface area contributed by atoms with Crippen molar-refractivity contribution in [1.82, 2.24) is 9.62 Å². The summed E-state index contributed by atoms with van der Waals surface area (Å²) in [6.45, 7) is 3.16. The van der Waals surface area contributed by atoms with Gasteiger partial charge in [-0.25, -0.2) is 13.1 Å². The fraction of sp³-hybridized carbons (Fsp3) is 0.588. The van der Waals surface area contributed by atoms with Gasteiger partial charge in [0, 0.05) is 32.6 Å². The fourth-order valence-electron chi connectivity index (χ4n) is 3.16. The second-order valence-corrected chi connectivity index (χ2v) is 8.56. The molecule has 140 valence electrons. The van der Waals surface area contributed by atoms with Crippen LogP contribution in [0.4, 0.5) is 0 Å². The number of nitrogens with two attached hydrogens (primary N) is 1. The van der Waals surface area contributed by atoms with Gasteiger partial charge in [0.1, 0.15) is 0 Å². The molecule has 0 radical (unpaired) electrons. The molecule has 1 unspecified atom stereocenters. The van der Waals surface area contributed by atoms with E-state index in [1.807, 2.05) is 6.07 Å². The fourth-order valence-corrected chi connectivity index (χ4v) is 4.29. The molecule has 1 aliphatic carbocycles. The summed E-state index contributed by atoms with van der Waals surface area (Å²) in [7, 11) is -3.55.